The first-order valence-corrected chi connectivity index (χ1v) is 7.65. The molecule has 5 nitrogen and oxygen atoms in total. The van der Waals surface area contributed by atoms with Crippen molar-refractivity contribution in [3.63, 3.8) is 0 Å². The quantitative estimate of drug-likeness (QED) is 0.616. The third-order valence-electron chi connectivity index (χ3n) is 3.28. The van der Waals surface area contributed by atoms with Crippen LogP contribution in [0.5, 0.6) is 5.75 Å². The van der Waals surface area contributed by atoms with Gasteiger partial charge in [0.2, 0.25) is 0 Å². The predicted octanol–water partition coefficient (Wildman–Crippen LogP) is 2.26. The molecule has 1 atom stereocenters. The fourth-order valence-electron chi connectivity index (χ4n) is 2.02. The number of nitrogens with zero attached hydrogens (tertiary/aromatic N) is 2. The number of Topliss-reactive ketones (excluding diaryl/α,β-unsaturated/α-hetero) is 1. The van der Waals surface area contributed by atoms with Crippen molar-refractivity contribution in [1.82, 2.24) is 0 Å². The van der Waals surface area contributed by atoms with Gasteiger partial charge in [-0.1, -0.05) is 0 Å². The summed E-state index contributed by atoms with van der Waals surface area (Å²) >= 11 is 1.46. The summed E-state index contributed by atoms with van der Waals surface area (Å²) in [5.41, 5.74) is 1.17. The molecule has 0 N–H and O–H groups in total. The third-order valence-corrected chi connectivity index (χ3v) is 4.43. The average molecular weight is 304 g/mol. The van der Waals surface area contributed by atoms with Gasteiger partial charge in [-0.2, -0.15) is 5.26 Å². The molecule has 0 saturated heterocycles. The van der Waals surface area contributed by atoms with Crippen molar-refractivity contribution in [2.75, 3.05) is 24.3 Å². The summed E-state index contributed by atoms with van der Waals surface area (Å²) in [5.74, 6) is 1.10. The topological polar surface area (TPSA) is 70.4 Å². The minimum absolute atomic E-state index is 0.00726. The summed E-state index contributed by atoms with van der Waals surface area (Å²) in [6.45, 7) is 1.85. The highest BCUT2D eigenvalue weighted by atomic mass is 32.2. The Morgan fingerprint density at radius 3 is 3.05 bits per heavy atom. The molecule has 0 radical (unpaired) electrons. The van der Waals surface area contributed by atoms with Crippen molar-refractivity contribution < 1.29 is 14.3 Å². The number of fused-ring (bicyclic) bond motifs is 1. The number of carbonyl (C=O) groups excluding carboxylic acids is 2. The molecule has 1 aliphatic rings. The highest BCUT2D eigenvalue weighted by Gasteiger charge is 2.24. The Kier molecular flexibility index (Phi) is 4.86. The molecule has 0 saturated carbocycles. The van der Waals surface area contributed by atoms with Crippen LogP contribution < -0.4 is 9.64 Å². The average Bonchev–Trinajstić information content (AvgIpc) is 2.50. The number of thioether (sulfide) groups is 1. The van der Waals surface area contributed by atoms with Crippen LogP contribution in [0.3, 0.4) is 0 Å². The molecular weight excluding hydrogens is 288 g/mol. The zero-order valence-corrected chi connectivity index (χ0v) is 12.8. The van der Waals surface area contributed by atoms with Crippen molar-refractivity contribution in [2.24, 2.45) is 0 Å². The zero-order chi connectivity index (χ0) is 15.4. The number of amides is 1. The van der Waals surface area contributed by atoms with Gasteiger partial charge in [-0.15, -0.1) is 11.8 Å². The Bertz CT molecular complexity index is 609. The molecule has 21 heavy (non-hydrogen) atoms. The standard InChI is InChI=1S/C15H16N2O3S/c1-10(21-7-3-6-16)15(19)11-4-5-13-12(8-11)17(2)14(18)9-20-13/h4-5,8,10H,3,7,9H2,1-2H3. The Morgan fingerprint density at radius 2 is 2.33 bits per heavy atom. The van der Waals surface area contributed by atoms with Gasteiger partial charge < -0.3 is 9.64 Å². The monoisotopic (exact) mass is 304 g/mol. The van der Waals surface area contributed by atoms with Crippen LogP contribution in [-0.4, -0.2) is 36.3 Å². The summed E-state index contributed by atoms with van der Waals surface area (Å²) in [4.78, 5) is 25.5. The number of nitriles is 1. The fourth-order valence-corrected chi connectivity index (χ4v) is 2.87. The fraction of sp³-hybridized carbons (Fsp3) is 0.400. The van der Waals surface area contributed by atoms with Crippen LogP contribution in [0.25, 0.3) is 0 Å². The zero-order valence-electron chi connectivity index (χ0n) is 12.0. The van der Waals surface area contributed by atoms with E-state index in [1.807, 2.05) is 6.92 Å². The molecule has 1 aromatic carbocycles. The van der Waals surface area contributed by atoms with E-state index in [1.165, 1.54) is 16.7 Å². The van der Waals surface area contributed by atoms with Crippen LogP contribution >= 0.6 is 11.8 Å². The number of hydrogen-bond acceptors (Lipinski definition) is 5. The maximum Gasteiger partial charge on any atom is 0.264 e. The Morgan fingerprint density at radius 1 is 1.57 bits per heavy atom. The van der Waals surface area contributed by atoms with Gasteiger partial charge in [0.25, 0.3) is 5.91 Å². The van der Waals surface area contributed by atoms with E-state index in [1.54, 1.807) is 25.2 Å². The smallest absolute Gasteiger partial charge is 0.264 e. The lowest BCUT2D eigenvalue weighted by Crippen LogP contribution is -2.35. The first-order chi connectivity index (χ1) is 10.0. The molecule has 0 aliphatic carbocycles. The molecule has 1 aliphatic heterocycles. The lowest BCUT2D eigenvalue weighted by molar-refractivity contribution is -0.120. The second-order valence-corrected chi connectivity index (χ2v) is 6.16. The summed E-state index contributed by atoms with van der Waals surface area (Å²) in [7, 11) is 1.67. The molecular formula is C15H16N2O3S. The maximum absolute atomic E-state index is 12.4. The minimum atomic E-state index is -0.220. The molecule has 1 heterocycles. The molecule has 1 aromatic rings. The molecule has 0 aromatic heterocycles. The molecule has 6 heteroatoms. The Labute approximate surface area is 127 Å². The van der Waals surface area contributed by atoms with Gasteiger partial charge in [0.1, 0.15) is 5.75 Å². The number of ketones is 1. The first kappa shape index (κ1) is 15.4. The van der Waals surface area contributed by atoms with E-state index in [-0.39, 0.29) is 23.5 Å². The summed E-state index contributed by atoms with van der Waals surface area (Å²) in [6, 6.07) is 7.19. The van der Waals surface area contributed by atoms with E-state index in [2.05, 4.69) is 6.07 Å². The van der Waals surface area contributed by atoms with Crippen molar-refractivity contribution in [1.29, 1.82) is 5.26 Å². The number of hydrogen-bond donors (Lipinski definition) is 0. The lowest BCUT2D eigenvalue weighted by Gasteiger charge is -2.26. The van der Waals surface area contributed by atoms with Gasteiger partial charge in [-0.05, 0) is 25.1 Å². The largest absolute Gasteiger partial charge is 0.482 e. The highest BCUT2D eigenvalue weighted by Crippen LogP contribution is 2.32. The molecule has 110 valence electrons. The van der Waals surface area contributed by atoms with Crippen LogP contribution in [-0.2, 0) is 4.79 Å². The van der Waals surface area contributed by atoms with Crippen molar-refractivity contribution in [3.05, 3.63) is 23.8 Å². The van der Waals surface area contributed by atoms with Gasteiger partial charge in [0.15, 0.2) is 12.4 Å². The van der Waals surface area contributed by atoms with Crippen LogP contribution in [0.1, 0.15) is 23.7 Å². The SMILES string of the molecule is CC(SCCC#N)C(=O)c1ccc2c(c1)N(C)C(=O)CO2. The number of anilines is 1. The molecule has 0 spiro atoms. The summed E-state index contributed by atoms with van der Waals surface area (Å²) in [6.07, 6.45) is 0.428. The van der Waals surface area contributed by atoms with Crippen LogP contribution in [0.2, 0.25) is 0 Å². The van der Waals surface area contributed by atoms with Crippen molar-refractivity contribution >= 4 is 29.1 Å². The van der Waals surface area contributed by atoms with Gasteiger partial charge in [-0.25, -0.2) is 0 Å². The van der Waals surface area contributed by atoms with Gasteiger partial charge in [-0.3, -0.25) is 9.59 Å². The molecule has 0 fully saturated rings. The van der Waals surface area contributed by atoms with Gasteiger partial charge in [0, 0.05) is 24.8 Å². The lowest BCUT2D eigenvalue weighted by atomic mass is 10.1. The molecule has 1 amide bonds. The van der Waals surface area contributed by atoms with E-state index in [9.17, 15) is 9.59 Å². The van der Waals surface area contributed by atoms with Gasteiger partial charge >= 0.3 is 0 Å². The highest BCUT2D eigenvalue weighted by molar-refractivity contribution is 8.00. The van der Waals surface area contributed by atoms with E-state index in [0.717, 1.165) is 0 Å². The second-order valence-electron chi connectivity index (χ2n) is 4.71. The second kappa shape index (κ2) is 6.64. The van der Waals surface area contributed by atoms with E-state index in [0.29, 0.717) is 29.2 Å². The number of carbonyl (C=O) groups is 2. The Balaban J connectivity index is 2.16. The summed E-state index contributed by atoms with van der Waals surface area (Å²) < 4.78 is 5.34. The first-order valence-electron chi connectivity index (χ1n) is 6.60. The third kappa shape index (κ3) is 3.37. The maximum atomic E-state index is 12.4. The van der Waals surface area contributed by atoms with E-state index < -0.39 is 0 Å². The predicted molar refractivity (Wildman–Crippen MR) is 81.8 cm³/mol. The number of likely N-dealkylation sites (N-methyl/N-ethyl adjacent to an activating group) is 1. The molecule has 1 unspecified atom stereocenters. The van der Waals surface area contributed by atoms with Crippen molar-refractivity contribution in [3.8, 4) is 11.8 Å². The van der Waals surface area contributed by atoms with Crippen molar-refractivity contribution in [2.45, 2.75) is 18.6 Å². The normalized spacial score (nSPS) is 14.9. The van der Waals surface area contributed by atoms with Crippen LogP contribution in [0.15, 0.2) is 18.2 Å². The van der Waals surface area contributed by atoms with E-state index >= 15 is 0 Å². The number of rotatable bonds is 5. The number of benzene rings is 1. The van der Waals surface area contributed by atoms with Crippen LogP contribution in [0.4, 0.5) is 5.69 Å². The van der Waals surface area contributed by atoms with E-state index in [4.69, 9.17) is 10.00 Å². The summed E-state index contributed by atoms with van der Waals surface area (Å²) in [5, 5.41) is 8.30. The van der Waals surface area contributed by atoms with Gasteiger partial charge in [0.05, 0.1) is 17.0 Å². The Hall–Kier alpha value is -2.00. The number of ether oxygens (including phenoxy) is 1. The minimum Gasteiger partial charge on any atom is -0.482 e. The molecule has 2 rings (SSSR count). The molecule has 0 bridgehead atoms. The van der Waals surface area contributed by atoms with Crippen LogP contribution in [0, 0.1) is 11.3 Å².